The predicted molar refractivity (Wildman–Crippen MR) is 76.8 cm³/mol. The number of methoxy groups -OCH3 is 1. The Bertz CT molecular complexity index is 602. The van der Waals surface area contributed by atoms with Crippen LogP contribution in [0.1, 0.15) is 17.2 Å². The van der Waals surface area contributed by atoms with E-state index in [0.717, 1.165) is 10.0 Å². The maximum atomic E-state index is 11.5. The van der Waals surface area contributed by atoms with Crippen LogP contribution in [-0.2, 0) is 11.2 Å². The topological polar surface area (TPSA) is 72.3 Å². The van der Waals surface area contributed by atoms with Gasteiger partial charge in [0.2, 0.25) is 5.88 Å². The number of hydrogen-bond acceptors (Lipinski definition) is 4. The summed E-state index contributed by atoms with van der Waals surface area (Å²) in [4.78, 5) is 19.6. The monoisotopic (exact) mass is 336 g/mol. The molecule has 0 aliphatic heterocycles. The van der Waals surface area contributed by atoms with Crippen LogP contribution in [-0.4, -0.2) is 28.2 Å². The molecule has 5 nitrogen and oxygen atoms in total. The van der Waals surface area contributed by atoms with E-state index in [1.54, 1.807) is 0 Å². The van der Waals surface area contributed by atoms with Gasteiger partial charge in [0.15, 0.2) is 0 Å². The van der Waals surface area contributed by atoms with Crippen molar-refractivity contribution >= 4 is 21.9 Å². The molecule has 0 saturated heterocycles. The first-order valence-corrected chi connectivity index (χ1v) is 6.72. The summed E-state index contributed by atoms with van der Waals surface area (Å²) in [5.41, 5.74) is 1.31. The molecule has 2 rings (SSSR count). The van der Waals surface area contributed by atoms with Gasteiger partial charge >= 0.3 is 5.97 Å². The molecule has 0 fully saturated rings. The number of rotatable bonds is 5. The molecule has 1 atom stereocenters. The summed E-state index contributed by atoms with van der Waals surface area (Å²) in [7, 11) is 1.47. The number of hydrogen-bond donors (Lipinski definition) is 1. The van der Waals surface area contributed by atoms with Crippen LogP contribution >= 0.6 is 15.9 Å². The molecule has 6 heteroatoms. The molecule has 0 radical (unpaired) electrons. The van der Waals surface area contributed by atoms with Gasteiger partial charge in [-0.3, -0.25) is 9.78 Å². The van der Waals surface area contributed by atoms with Crippen molar-refractivity contribution in [2.75, 3.05) is 7.11 Å². The van der Waals surface area contributed by atoms with Gasteiger partial charge in [-0.05, 0) is 24.1 Å². The van der Waals surface area contributed by atoms with E-state index in [1.165, 1.54) is 19.5 Å². The zero-order valence-electron chi connectivity index (χ0n) is 10.8. The number of benzene rings is 1. The third-order valence-corrected chi connectivity index (χ3v) is 3.38. The Morgan fingerprint density at radius 2 is 2.05 bits per heavy atom. The molecule has 0 aliphatic carbocycles. The molecule has 1 aromatic carbocycles. The largest absolute Gasteiger partial charge is 0.481 e. The van der Waals surface area contributed by atoms with Crippen molar-refractivity contribution in [1.29, 1.82) is 0 Å². The van der Waals surface area contributed by atoms with Gasteiger partial charge in [-0.15, -0.1) is 0 Å². The molecule has 0 bridgehead atoms. The van der Waals surface area contributed by atoms with Gasteiger partial charge in [0.05, 0.1) is 19.0 Å². The molecule has 0 saturated carbocycles. The highest BCUT2D eigenvalue weighted by Gasteiger charge is 2.22. The second-order valence-corrected chi connectivity index (χ2v) is 5.12. The van der Waals surface area contributed by atoms with Crippen LogP contribution in [0.4, 0.5) is 0 Å². The molecular formula is C14H13BrN2O3. The number of ether oxygens (including phenoxy) is 1. The quantitative estimate of drug-likeness (QED) is 0.908. The zero-order chi connectivity index (χ0) is 14.5. The molecule has 1 aromatic heterocycles. The second kappa shape index (κ2) is 6.47. The maximum Gasteiger partial charge on any atom is 0.312 e. The zero-order valence-corrected chi connectivity index (χ0v) is 12.4. The van der Waals surface area contributed by atoms with Gasteiger partial charge in [-0.1, -0.05) is 28.1 Å². The van der Waals surface area contributed by atoms with E-state index in [-0.39, 0.29) is 0 Å². The van der Waals surface area contributed by atoms with E-state index in [2.05, 4.69) is 25.9 Å². The van der Waals surface area contributed by atoms with Crippen LogP contribution in [0, 0.1) is 0 Å². The van der Waals surface area contributed by atoms with Crippen LogP contribution in [0.15, 0.2) is 41.1 Å². The first-order valence-electron chi connectivity index (χ1n) is 5.93. The summed E-state index contributed by atoms with van der Waals surface area (Å²) in [6.45, 7) is 0. The number of aliphatic carboxylic acids is 1. The van der Waals surface area contributed by atoms with Crippen LogP contribution < -0.4 is 4.74 Å². The lowest BCUT2D eigenvalue weighted by atomic mass is 9.96. The van der Waals surface area contributed by atoms with Gasteiger partial charge in [0.25, 0.3) is 0 Å². The first-order chi connectivity index (χ1) is 9.60. The molecule has 1 unspecified atom stereocenters. The van der Waals surface area contributed by atoms with Crippen molar-refractivity contribution in [2.24, 2.45) is 0 Å². The Hall–Kier alpha value is -1.95. The fourth-order valence-corrected chi connectivity index (χ4v) is 2.07. The lowest BCUT2D eigenvalue weighted by Gasteiger charge is -2.12. The fraction of sp³-hybridized carbons (Fsp3) is 0.214. The molecular weight excluding hydrogens is 324 g/mol. The Morgan fingerprint density at radius 1 is 1.35 bits per heavy atom. The maximum absolute atomic E-state index is 11.5. The number of carbonyl (C=O) groups is 1. The lowest BCUT2D eigenvalue weighted by molar-refractivity contribution is -0.138. The SMILES string of the molecule is COc1cncc(C(Cc2ccc(Br)cc2)C(=O)O)n1. The van der Waals surface area contributed by atoms with E-state index in [4.69, 9.17) is 4.74 Å². The van der Waals surface area contributed by atoms with Crippen molar-refractivity contribution in [3.05, 3.63) is 52.4 Å². The fourth-order valence-electron chi connectivity index (χ4n) is 1.80. The third kappa shape index (κ3) is 3.54. The highest BCUT2D eigenvalue weighted by Crippen LogP contribution is 2.22. The van der Waals surface area contributed by atoms with E-state index in [9.17, 15) is 9.90 Å². The van der Waals surface area contributed by atoms with Crippen molar-refractivity contribution in [3.63, 3.8) is 0 Å². The smallest absolute Gasteiger partial charge is 0.312 e. The molecule has 2 aromatic rings. The van der Waals surface area contributed by atoms with Gasteiger partial charge in [0.1, 0.15) is 5.92 Å². The number of halogens is 1. The molecule has 20 heavy (non-hydrogen) atoms. The number of aromatic nitrogens is 2. The van der Waals surface area contributed by atoms with Crippen molar-refractivity contribution in [1.82, 2.24) is 9.97 Å². The number of nitrogens with zero attached hydrogens (tertiary/aromatic N) is 2. The summed E-state index contributed by atoms with van der Waals surface area (Å²) in [5.74, 6) is -1.38. The summed E-state index contributed by atoms with van der Waals surface area (Å²) < 4.78 is 5.93. The highest BCUT2D eigenvalue weighted by atomic mass is 79.9. The van der Waals surface area contributed by atoms with E-state index >= 15 is 0 Å². The van der Waals surface area contributed by atoms with Crippen LogP contribution in [0.5, 0.6) is 5.88 Å². The van der Waals surface area contributed by atoms with Crippen molar-refractivity contribution in [3.8, 4) is 5.88 Å². The molecule has 1 heterocycles. The molecule has 1 N–H and O–H groups in total. The number of carboxylic acids is 1. The first kappa shape index (κ1) is 14.5. The summed E-state index contributed by atoms with van der Waals surface area (Å²) in [6, 6.07) is 7.53. The van der Waals surface area contributed by atoms with E-state index in [0.29, 0.717) is 18.0 Å². The Labute approximate surface area is 124 Å². The standard InChI is InChI=1S/C14H13BrN2O3/c1-20-13-8-16-7-12(17-13)11(14(18)19)6-9-2-4-10(15)5-3-9/h2-5,7-8,11H,6H2,1H3,(H,18,19). The van der Waals surface area contributed by atoms with Crippen LogP contribution in [0.25, 0.3) is 0 Å². The Balaban J connectivity index is 2.26. The lowest BCUT2D eigenvalue weighted by Crippen LogP contribution is -2.16. The van der Waals surface area contributed by atoms with E-state index in [1.807, 2.05) is 24.3 Å². The molecule has 0 spiro atoms. The summed E-state index contributed by atoms with van der Waals surface area (Å²) >= 11 is 3.35. The molecule has 104 valence electrons. The number of carboxylic acid groups (broad SMARTS) is 1. The van der Waals surface area contributed by atoms with Crippen molar-refractivity contribution < 1.29 is 14.6 Å². The minimum absolute atomic E-state index is 0.310. The Morgan fingerprint density at radius 3 is 2.65 bits per heavy atom. The second-order valence-electron chi connectivity index (χ2n) is 4.21. The van der Waals surface area contributed by atoms with Gasteiger partial charge in [-0.2, -0.15) is 0 Å². The summed E-state index contributed by atoms with van der Waals surface area (Å²) in [5, 5.41) is 9.39. The van der Waals surface area contributed by atoms with E-state index < -0.39 is 11.9 Å². The third-order valence-electron chi connectivity index (χ3n) is 2.85. The van der Waals surface area contributed by atoms with Gasteiger partial charge in [-0.25, -0.2) is 4.98 Å². The molecule has 0 amide bonds. The minimum atomic E-state index is -0.935. The van der Waals surface area contributed by atoms with Gasteiger partial charge in [0, 0.05) is 10.7 Å². The van der Waals surface area contributed by atoms with Gasteiger partial charge < -0.3 is 9.84 Å². The minimum Gasteiger partial charge on any atom is -0.481 e. The predicted octanol–water partition coefficient (Wildman–Crippen LogP) is 2.66. The summed E-state index contributed by atoms with van der Waals surface area (Å²) in [6.07, 6.45) is 3.26. The van der Waals surface area contributed by atoms with Crippen LogP contribution in [0.3, 0.4) is 0 Å². The average Bonchev–Trinajstić information content (AvgIpc) is 2.46. The highest BCUT2D eigenvalue weighted by molar-refractivity contribution is 9.10. The normalized spacial score (nSPS) is 11.9. The molecule has 0 aliphatic rings. The Kier molecular flexibility index (Phi) is 4.68. The average molecular weight is 337 g/mol. The van der Waals surface area contributed by atoms with Crippen LogP contribution in [0.2, 0.25) is 0 Å². The van der Waals surface area contributed by atoms with Crippen molar-refractivity contribution in [2.45, 2.75) is 12.3 Å².